The molecular formula is C19H19NO5. The summed E-state index contributed by atoms with van der Waals surface area (Å²) in [6, 6.07) is 13.3. The van der Waals surface area contributed by atoms with Gasteiger partial charge in [-0.05, 0) is 36.2 Å². The fourth-order valence-electron chi connectivity index (χ4n) is 2.24. The molecule has 0 spiro atoms. The van der Waals surface area contributed by atoms with E-state index in [-0.39, 0.29) is 11.1 Å². The molecule has 1 amide bonds. The van der Waals surface area contributed by atoms with Crippen LogP contribution in [-0.2, 0) is 20.7 Å². The standard InChI is InChI=1S/C19H19NO5/c1-3-13-7-4-5-10-16(13)20-17(21)12-25-19(23)15-9-6-8-14(11-15)18(22)24-2/h4-11H,3,12H2,1-2H3,(H,20,21). The van der Waals surface area contributed by atoms with Crippen LogP contribution >= 0.6 is 0 Å². The normalized spacial score (nSPS) is 10.0. The predicted molar refractivity (Wildman–Crippen MR) is 92.5 cm³/mol. The molecule has 0 aliphatic rings. The molecular weight excluding hydrogens is 322 g/mol. The topological polar surface area (TPSA) is 81.7 Å². The van der Waals surface area contributed by atoms with Gasteiger partial charge in [-0.1, -0.05) is 31.2 Å². The lowest BCUT2D eigenvalue weighted by Crippen LogP contribution is -2.21. The van der Waals surface area contributed by atoms with Crippen molar-refractivity contribution in [2.24, 2.45) is 0 Å². The molecule has 25 heavy (non-hydrogen) atoms. The van der Waals surface area contributed by atoms with E-state index in [4.69, 9.17) is 4.74 Å². The van der Waals surface area contributed by atoms with Gasteiger partial charge in [-0.2, -0.15) is 0 Å². The number of aryl methyl sites for hydroxylation is 1. The zero-order valence-corrected chi connectivity index (χ0v) is 14.1. The van der Waals surface area contributed by atoms with Crippen LogP contribution in [0.15, 0.2) is 48.5 Å². The van der Waals surface area contributed by atoms with Gasteiger partial charge in [0.1, 0.15) is 0 Å². The first-order chi connectivity index (χ1) is 12.0. The summed E-state index contributed by atoms with van der Waals surface area (Å²) < 4.78 is 9.60. The summed E-state index contributed by atoms with van der Waals surface area (Å²) in [4.78, 5) is 35.5. The first-order valence-electron chi connectivity index (χ1n) is 7.78. The van der Waals surface area contributed by atoms with Crippen molar-refractivity contribution in [2.45, 2.75) is 13.3 Å². The fourth-order valence-corrected chi connectivity index (χ4v) is 2.24. The lowest BCUT2D eigenvalue weighted by atomic mass is 10.1. The molecule has 6 nitrogen and oxygen atoms in total. The van der Waals surface area contributed by atoms with Crippen LogP contribution in [0.5, 0.6) is 0 Å². The van der Waals surface area contributed by atoms with Crippen molar-refractivity contribution in [3.63, 3.8) is 0 Å². The average molecular weight is 341 g/mol. The van der Waals surface area contributed by atoms with Crippen LogP contribution < -0.4 is 5.32 Å². The zero-order chi connectivity index (χ0) is 18.2. The third-order valence-corrected chi connectivity index (χ3v) is 3.53. The molecule has 0 radical (unpaired) electrons. The van der Waals surface area contributed by atoms with E-state index in [1.165, 1.54) is 25.3 Å². The Kier molecular flexibility index (Phi) is 6.28. The second-order valence-electron chi connectivity index (χ2n) is 5.21. The quantitative estimate of drug-likeness (QED) is 0.817. The molecule has 0 atom stereocenters. The van der Waals surface area contributed by atoms with E-state index in [1.807, 2.05) is 25.1 Å². The van der Waals surface area contributed by atoms with Gasteiger partial charge in [0, 0.05) is 5.69 Å². The number of methoxy groups -OCH3 is 1. The molecule has 2 rings (SSSR count). The van der Waals surface area contributed by atoms with Gasteiger partial charge in [0.25, 0.3) is 5.91 Å². The summed E-state index contributed by atoms with van der Waals surface area (Å²) in [5.74, 6) is -1.67. The number of esters is 2. The number of hydrogen-bond donors (Lipinski definition) is 1. The molecule has 2 aromatic rings. The lowest BCUT2D eigenvalue weighted by Gasteiger charge is -2.10. The highest BCUT2D eigenvalue weighted by atomic mass is 16.5. The zero-order valence-electron chi connectivity index (χ0n) is 14.1. The van der Waals surface area contributed by atoms with Gasteiger partial charge in [0.2, 0.25) is 0 Å². The average Bonchev–Trinajstić information content (AvgIpc) is 2.66. The molecule has 0 aliphatic carbocycles. The first-order valence-corrected chi connectivity index (χ1v) is 7.78. The van der Waals surface area contributed by atoms with E-state index in [0.29, 0.717) is 5.69 Å². The molecule has 0 fully saturated rings. The molecule has 0 saturated heterocycles. The number of carbonyl (C=O) groups is 3. The van der Waals surface area contributed by atoms with Crippen LogP contribution in [0.2, 0.25) is 0 Å². The van der Waals surface area contributed by atoms with Crippen molar-refractivity contribution in [3.8, 4) is 0 Å². The van der Waals surface area contributed by atoms with Crippen LogP contribution in [0, 0.1) is 0 Å². The van der Waals surface area contributed by atoms with Gasteiger partial charge < -0.3 is 14.8 Å². The summed E-state index contributed by atoms with van der Waals surface area (Å²) in [5.41, 5.74) is 2.09. The Labute approximate surface area is 145 Å². The lowest BCUT2D eigenvalue weighted by molar-refractivity contribution is -0.119. The largest absolute Gasteiger partial charge is 0.465 e. The Hall–Kier alpha value is -3.15. The highest BCUT2D eigenvalue weighted by Crippen LogP contribution is 2.15. The van der Waals surface area contributed by atoms with E-state index < -0.39 is 24.5 Å². The van der Waals surface area contributed by atoms with Gasteiger partial charge >= 0.3 is 11.9 Å². The summed E-state index contributed by atoms with van der Waals surface area (Å²) >= 11 is 0. The van der Waals surface area contributed by atoms with Crippen molar-refractivity contribution >= 4 is 23.5 Å². The molecule has 2 aromatic carbocycles. The van der Waals surface area contributed by atoms with Crippen LogP contribution in [0.4, 0.5) is 5.69 Å². The van der Waals surface area contributed by atoms with Crippen LogP contribution in [0.3, 0.4) is 0 Å². The molecule has 0 unspecified atom stereocenters. The van der Waals surface area contributed by atoms with Gasteiger partial charge in [-0.15, -0.1) is 0 Å². The molecule has 0 saturated carbocycles. The third kappa shape index (κ3) is 4.91. The Morgan fingerprint density at radius 3 is 2.32 bits per heavy atom. The number of ether oxygens (including phenoxy) is 2. The Morgan fingerprint density at radius 2 is 1.64 bits per heavy atom. The number of amides is 1. The minimum Gasteiger partial charge on any atom is -0.465 e. The molecule has 0 heterocycles. The highest BCUT2D eigenvalue weighted by Gasteiger charge is 2.14. The molecule has 0 bridgehead atoms. The Balaban J connectivity index is 1.95. The Bertz CT molecular complexity index is 785. The molecule has 0 aromatic heterocycles. The molecule has 1 N–H and O–H groups in total. The Morgan fingerprint density at radius 1 is 0.960 bits per heavy atom. The van der Waals surface area contributed by atoms with E-state index in [1.54, 1.807) is 12.1 Å². The summed E-state index contributed by atoms with van der Waals surface area (Å²) in [6.45, 7) is 1.57. The number of rotatable bonds is 6. The van der Waals surface area contributed by atoms with Crippen molar-refractivity contribution in [1.29, 1.82) is 0 Å². The van der Waals surface area contributed by atoms with E-state index in [0.717, 1.165) is 12.0 Å². The van der Waals surface area contributed by atoms with Crippen LogP contribution in [-0.4, -0.2) is 31.6 Å². The summed E-state index contributed by atoms with van der Waals surface area (Å²) in [7, 11) is 1.26. The van der Waals surface area contributed by atoms with Gasteiger partial charge in [0.05, 0.1) is 18.2 Å². The van der Waals surface area contributed by atoms with Gasteiger partial charge in [-0.25, -0.2) is 9.59 Å². The second kappa shape index (κ2) is 8.63. The number of anilines is 1. The number of hydrogen-bond acceptors (Lipinski definition) is 5. The summed E-state index contributed by atoms with van der Waals surface area (Å²) in [6.07, 6.45) is 0.774. The van der Waals surface area contributed by atoms with Crippen molar-refractivity contribution in [3.05, 3.63) is 65.2 Å². The van der Waals surface area contributed by atoms with Gasteiger partial charge in [-0.3, -0.25) is 4.79 Å². The third-order valence-electron chi connectivity index (χ3n) is 3.53. The van der Waals surface area contributed by atoms with E-state index >= 15 is 0 Å². The first kappa shape index (κ1) is 18.2. The maximum absolute atomic E-state index is 12.0. The maximum Gasteiger partial charge on any atom is 0.338 e. The van der Waals surface area contributed by atoms with Crippen LogP contribution in [0.25, 0.3) is 0 Å². The minimum atomic E-state index is -0.690. The van der Waals surface area contributed by atoms with Crippen molar-refractivity contribution in [2.75, 3.05) is 19.0 Å². The van der Waals surface area contributed by atoms with Crippen molar-refractivity contribution in [1.82, 2.24) is 0 Å². The number of nitrogens with one attached hydrogen (secondary N) is 1. The number of carbonyl (C=O) groups excluding carboxylic acids is 3. The molecule has 130 valence electrons. The predicted octanol–water partition coefficient (Wildman–Crippen LogP) is 2.83. The molecule has 6 heteroatoms. The van der Waals surface area contributed by atoms with E-state index in [2.05, 4.69) is 10.1 Å². The highest BCUT2D eigenvalue weighted by molar-refractivity contribution is 5.97. The minimum absolute atomic E-state index is 0.171. The fraction of sp³-hybridized carbons (Fsp3) is 0.211. The van der Waals surface area contributed by atoms with Crippen LogP contribution in [0.1, 0.15) is 33.2 Å². The summed E-state index contributed by atoms with van der Waals surface area (Å²) in [5, 5.41) is 2.72. The SMILES string of the molecule is CCc1ccccc1NC(=O)COC(=O)c1cccc(C(=O)OC)c1. The smallest absolute Gasteiger partial charge is 0.338 e. The second-order valence-corrected chi connectivity index (χ2v) is 5.21. The maximum atomic E-state index is 12.0. The van der Waals surface area contributed by atoms with E-state index in [9.17, 15) is 14.4 Å². The van der Waals surface area contributed by atoms with Gasteiger partial charge in [0.15, 0.2) is 6.61 Å². The molecule has 0 aliphatic heterocycles. The number of para-hydroxylation sites is 1. The monoisotopic (exact) mass is 341 g/mol. The van der Waals surface area contributed by atoms with Crippen molar-refractivity contribution < 1.29 is 23.9 Å². The number of benzene rings is 2.